The average molecular weight is 249 g/mol. The molecule has 4 heteroatoms. The summed E-state index contributed by atoms with van der Waals surface area (Å²) in [6, 6.07) is 2.10. The minimum absolute atomic E-state index is 0.217. The second-order valence-corrected chi connectivity index (χ2v) is 4.36. The highest BCUT2D eigenvalue weighted by atomic mass is 16.2. The summed E-state index contributed by atoms with van der Waals surface area (Å²) in [7, 11) is 0. The number of hydrogen-bond donors (Lipinski definition) is 1. The van der Waals surface area contributed by atoms with Crippen molar-refractivity contribution in [1.29, 1.82) is 0 Å². The molecule has 0 fully saturated rings. The van der Waals surface area contributed by atoms with Crippen LogP contribution in [0.25, 0.3) is 0 Å². The first-order valence-electron chi connectivity index (χ1n) is 6.56. The van der Waals surface area contributed by atoms with Gasteiger partial charge in [0, 0.05) is 45.0 Å². The molecule has 18 heavy (non-hydrogen) atoms. The van der Waals surface area contributed by atoms with Gasteiger partial charge < -0.3 is 10.2 Å². The lowest BCUT2D eigenvalue weighted by Crippen LogP contribution is -2.32. The molecular formula is C14H23N3O. The molecule has 1 N–H and O–H groups in total. The molecule has 0 radical (unpaired) electrons. The summed E-state index contributed by atoms with van der Waals surface area (Å²) in [5, 5.41) is 3.28. The molecule has 1 rings (SSSR count). The first-order chi connectivity index (χ1) is 8.67. The molecule has 0 bridgehead atoms. The third-order valence-electron chi connectivity index (χ3n) is 2.89. The van der Waals surface area contributed by atoms with Gasteiger partial charge in [0.05, 0.1) is 0 Å². The molecule has 0 aliphatic carbocycles. The fourth-order valence-corrected chi connectivity index (χ4v) is 1.88. The molecule has 0 aromatic carbocycles. The fraction of sp³-hybridized carbons (Fsp3) is 0.571. The van der Waals surface area contributed by atoms with E-state index in [2.05, 4.69) is 16.4 Å². The van der Waals surface area contributed by atoms with Gasteiger partial charge in [0.1, 0.15) is 0 Å². The van der Waals surface area contributed by atoms with Crippen molar-refractivity contribution < 1.29 is 4.79 Å². The van der Waals surface area contributed by atoms with Crippen molar-refractivity contribution in [2.75, 3.05) is 19.6 Å². The first-order valence-corrected chi connectivity index (χ1v) is 6.56. The number of aryl methyl sites for hydroxylation is 1. The Morgan fingerprint density at radius 2 is 2.06 bits per heavy atom. The van der Waals surface area contributed by atoms with Gasteiger partial charge in [-0.15, -0.1) is 0 Å². The summed E-state index contributed by atoms with van der Waals surface area (Å²) in [6.07, 6.45) is 4.25. The molecule has 1 amide bonds. The standard InChI is InChI=1S/C14H23N3O/c1-4-17(5-2)14(18)6-7-15-10-13-8-12(3)9-16-11-13/h8-9,11,15H,4-7,10H2,1-3H3. The molecule has 0 spiro atoms. The maximum absolute atomic E-state index is 11.7. The number of carbonyl (C=O) groups is 1. The van der Waals surface area contributed by atoms with E-state index in [0.29, 0.717) is 13.0 Å². The van der Waals surface area contributed by atoms with Crippen molar-refractivity contribution in [3.8, 4) is 0 Å². The molecule has 0 saturated heterocycles. The van der Waals surface area contributed by atoms with Crippen LogP contribution in [0, 0.1) is 6.92 Å². The summed E-state index contributed by atoms with van der Waals surface area (Å²) in [5.74, 6) is 0.217. The zero-order chi connectivity index (χ0) is 13.4. The van der Waals surface area contributed by atoms with Crippen molar-refractivity contribution in [2.45, 2.75) is 33.7 Å². The van der Waals surface area contributed by atoms with E-state index in [1.54, 1.807) is 0 Å². The van der Waals surface area contributed by atoms with E-state index in [1.165, 1.54) is 0 Å². The van der Waals surface area contributed by atoms with E-state index in [1.807, 2.05) is 38.1 Å². The van der Waals surface area contributed by atoms with Gasteiger partial charge in [-0.2, -0.15) is 0 Å². The van der Waals surface area contributed by atoms with E-state index in [9.17, 15) is 4.79 Å². The van der Waals surface area contributed by atoms with Gasteiger partial charge in [0.25, 0.3) is 0 Å². The molecular weight excluding hydrogens is 226 g/mol. The van der Waals surface area contributed by atoms with Crippen LogP contribution in [0.5, 0.6) is 0 Å². The minimum Gasteiger partial charge on any atom is -0.343 e. The number of nitrogens with zero attached hydrogens (tertiary/aromatic N) is 2. The number of hydrogen-bond acceptors (Lipinski definition) is 3. The first kappa shape index (κ1) is 14.6. The number of rotatable bonds is 7. The molecule has 0 aliphatic heterocycles. The molecule has 4 nitrogen and oxygen atoms in total. The number of nitrogens with one attached hydrogen (secondary N) is 1. The van der Waals surface area contributed by atoms with E-state index >= 15 is 0 Å². The Kier molecular flexibility index (Phi) is 6.36. The number of aromatic nitrogens is 1. The Hall–Kier alpha value is -1.42. The van der Waals surface area contributed by atoms with Crippen LogP contribution < -0.4 is 5.32 Å². The minimum atomic E-state index is 0.217. The number of amides is 1. The molecule has 0 atom stereocenters. The Morgan fingerprint density at radius 3 is 2.67 bits per heavy atom. The summed E-state index contributed by atoms with van der Waals surface area (Å²) < 4.78 is 0. The van der Waals surface area contributed by atoms with E-state index < -0.39 is 0 Å². The van der Waals surface area contributed by atoms with E-state index in [0.717, 1.165) is 30.8 Å². The zero-order valence-electron chi connectivity index (χ0n) is 11.6. The molecule has 0 aliphatic rings. The van der Waals surface area contributed by atoms with Crippen LogP contribution in [0.2, 0.25) is 0 Å². The van der Waals surface area contributed by atoms with Crippen LogP contribution in [-0.2, 0) is 11.3 Å². The quantitative estimate of drug-likeness (QED) is 0.749. The van der Waals surface area contributed by atoms with E-state index in [-0.39, 0.29) is 5.91 Å². The Morgan fingerprint density at radius 1 is 1.33 bits per heavy atom. The van der Waals surface area contributed by atoms with Crippen molar-refractivity contribution >= 4 is 5.91 Å². The number of pyridine rings is 1. The third kappa shape index (κ3) is 4.84. The second-order valence-electron chi connectivity index (χ2n) is 4.36. The topological polar surface area (TPSA) is 45.2 Å². The van der Waals surface area contributed by atoms with Crippen LogP contribution in [0.4, 0.5) is 0 Å². The maximum atomic E-state index is 11.7. The second kappa shape index (κ2) is 7.82. The van der Waals surface area contributed by atoms with E-state index in [4.69, 9.17) is 0 Å². The van der Waals surface area contributed by atoms with Gasteiger partial charge in [-0.05, 0) is 31.9 Å². The Bertz CT molecular complexity index is 375. The van der Waals surface area contributed by atoms with Gasteiger partial charge in [-0.3, -0.25) is 9.78 Å². The van der Waals surface area contributed by atoms with Crippen LogP contribution in [-0.4, -0.2) is 35.4 Å². The van der Waals surface area contributed by atoms with Crippen LogP contribution in [0.1, 0.15) is 31.4 Å². The monoisotopic (exact) mass is 249 g/mol. The lowest BCUT2D eigenvalue weighted by atomic mass is 10.2. The number of carbonyl (C=O) groups excluding carboxylic acids is 1. The average Bonchev–Trinajstić information content (AvgIpc) is 2.36. The van der Waals surface area contributed by atoms with Crippen molar-refractivity contribution in [3.05, 3.63) is 29.6 Å². The van der Waals surface area contributed by atoms with Crippen molar-refractivity contribution in [3.63, 3.8) is 0 Å². The van der Waals surface area contributed by atoms with Gasteiger partial charge in [-0.1, -0.05) is 6.07 Å². The summed E-state index contributed by atoms with van der Waals surface area (Å²) in [6.45, 7) is 9.10. The van der Waals surface area contributed by atoms with Gasteiger partial charge in [0.15, 0.2) is 0 Å². The molecule has 100 valence electrons. The zero-order valence-corrected chi connectivity index (χ0v) is 11.6. The molecule has 1 heterocycles. The summed E-state index contributed by atoms with van der Waals surface area (Å²) in [4.78, 5) is 17.7. The Labute approximate surface area is 109 Å². The summed E-state index contributed by atoms with van der Waals surface area (Å²) in [5.41, 5.74) is 2.32. The highest BCUT2D eigenvalue weighted by Crippen LogP contribution is 2.00. The highest BCUT2D eigenvalue weighted by molar-refractivity contribution is 5.76. The van der Waals surface area contributed by atoms with Gasteiger partial charge in [0.2, 0.25) is 5.91 Å². The Balaban J connectivity index is 2.24. The molecule has 1 aromatic rings. The largest absolute Gasteiger partial charge is 0.343 e. The predicted molar refractivity (Wildman–Crippen MR) is 73.2 cm³/mol. The van der Waals surface area contributed by atoms with Crippen molar-refractivity contribution in [2.24, 2.45) is 0 Å². The molecule has 0 saturated carbocycles. The summed E-state index contributed by atoms with van der Waals surface area (Å²) >= 11 is 0. The normalized spacial score (nSPS) is 10.4. The van der Waals surface area contributed by atoms with Gasteiger partial charge in [-0.25, -0.2) is 0 Å². The highest BCUT2D eigenvalue weighted by Gasteiger charge is 2.08. The third-order valence-corrected chi connectivity index (χ3v) is 2.89. The lowest BCUT2D eigenvalue weighted by molar-refractivity contribution is -0.130. The smallest absolute Gasteiger partial charge is 0.223 e. The van der Waals surface area contributed by atoms with Crippen molar-refractivity contribution in [1.82, 2.24) is 15.2 Å². The predicted octanol–water partition coefficient (Wildman–Crippen LogP) is 1.74. The molecule has 0 unspecified atom stereocenters. The fourth-order valence-electron chi connectivity index (χ4n) is 1.88. The SMILES string of the molecule is CCN(CC)C(=O)CCNCc1cncc(C)c1. The van der Waals surface area contributed by atoms with Crippen LogP contribution >= 0.6 is 0 Å². The lowest BCUT2D eigenvalue weighted by Gasteiger charge is -2.18. The maximum Gasteiger partial charge on any atom is 0.223 e. The van der Waals surface area contributed by atoms with Crippen LogP contribution in [0.15, 0.2) is 18.5 Å². The van der Waals surface area contributed by atoms with Gasteiger partial charge >= 0.3 is 0 Å². The van der Waals surface area contributed by atoms with Crippen LogP contribution in [0.3, 0.4) is 0 Å². The molecule has 1 aromatic heterocycles.